The van der Waals surface area contributed by atoms with Gasteiger partial charge in [0.25, 0.3) is 0 Å². The summed E-state index contributed by atoms with van der Waals surface area (Å²) in [6.45, 7) is 5.53. The Bertz CT molecular complexity index is 398. The van der Waals surface area contributed by atoms with Crippen LogP contribution >= 0.6 is 11.8 Å². The van der Waals surface area contributed by atoms with Crippen LogP contribution in [0.15, 0.2) is 36.4 Å². The molecule has 0 fully saturated rings. The second-order valence-electron chi connectivity index (χ2n) is 3.42. The fourth-order valence-corrected chi connectivity index (χ4v) is 1.88. The van der Waals surface area contributed by atoms with E-state index < -0.39 is 6.10 Å². The maximum atomic E-state index is 11.6. The van der Waals surface area contributed by atoms with Gasteiger partial charge in [0.15, 0.2) is 0 Å². The molecule has 1 aromatic rings. The van der Waals surface area contributed by atoms with Gasteiger partial charge in [0, 0.05) is 5.57 Å². The van der Waals surface area contributed by atoms with E-state index in [0.29, 0.717) is 17.1 Å². The maximum absolute atomic E-state index is 11.6. The average Bonchev–Trinajstić information content (AvgIpc) is 2.37. The van der Waals surface area contributed by atoms with Crippen molar-refractivity contribution in [3.05, 3.63) is 42.0 Å². The number of aliphatic hydroxyl groups excluding tert-OH is 1. The zero-order valence-corrected chi connectivity index (χ0v) is 10.8. The zero-order chi connectivity index (χ0) is 12.8. The number of benzene rings is 1. The van der Waals surface area contributed by atoms with Crippen LogP contribution in [0.5, 0.6) is 5.75 Å². The zero-order valence-electron chi connectivity index (χ0n) is 9.97. The van der Waals surface area contributed by atoms with Gasteiger partial charge in [-0.15, -0.1) is 0 Å². The predicted octanol–water partition coefficient (Wildman–Crippen LogP) is 2.56. The van der Waals surface area contributed by atoms with Gasteiger partial charge < -0.3 is 9.84 Å². The van der Waals surface area contributed by atoms with Gasteiger partial charge in [-0.2, -0.15) is 0 Å². The van der Waals surface area contributed by atoms with Crippen LogP contribution in [0.2, 0.25) is 0 Å². The van der Waals surface area contributed by atoms with Crippen LogP contribution in [-0.2, 0) is 4.79 Å². The summed E-state index contributed by atoms with van der Waals surface area (Å²) >= 11 is 1.15. The van der Waals surface area contributed by atoms with Crippen LogP contribution in [0.4, 0.5) is 0 Å². The van der Waals surface area contributed by atoms with Gasteiger partial charge in [0.2, 0.25) is 5.12 Å². The Balaban J connectivity index is 2.77. The quantitative estimate of drug-likeness (QED) is 0.818. The Morgan fingerprint density at radius 1 is 1.47 bits per heavy atom. The van der Waals surface area contributed by atoms with E-state index in [1.807, 2.05) is 6.92 Å². The number of ether oxygens (including phenoxy) is 1. The summed E-state index contributed by atoms with van der Waals surface area (Å²) in [5, 5.41) is 9.80. The first kappa shape index (κ1) is 13.8. The first-order valence-corrected chi connectivity index (χ1v) is 6.26. The fraction of sp³-hybridized carbons (Fsp3) is 0.308. The van der Waals surface area contributed by atoms with Crippen molar-refractivity contribution < 1.29 is 14.6 Å². The van der Waals surface area contributed by atoms with E-state index in [1.165, 1.54) is 0 Å². The van der Waals surface area contributed by atoms with E-state index in [0.717, 1.165) is 11.8 Å². The molecule has 3 nitrogen and oxygen atoms in total. The van der Waals surface area contributed by atoms with Crippen LogP contribution in [0, 0.1) is 0 Å². The number of rotatable bonds is 5. The lowest BCUT2D eigenvalue weighted by atomic mass is 10.0. The smallest absolute Gasteiger partial charge is 0.217 e. The normalized spacial score (nSPS) is 11.9. The molecule has 0 aliphatic heterocycles. The summed E-state index contributed by atoms with van der Waals surface area (Å²) in [4.78, 5) is 11.6. The van der Waals surface area contributed by atoms with E-state index in [-0.39, 0.29) is 10.7 Å². The van der Waals surface area contributed by atoms with Crippen LogP contribution in [0.1, 0.15) is 18.6 Å². The summed E-state index contributed by atoms with van der Waals surface area (Å²) in [6.07, 6.45) is -0.951. The second-order valence-corrected chi connectivity index (χ2v) is 4.66. The number of thioether (sulfide) groups is 1. The second kappa shape index (κ2) is 6.47. The maximum Gasteiger partial charge on any atom is 0.217 e. The number of hydrogen-bond donors (Lipinski definition) is 1. The van der Waals surface area contributed by atoms with Crippen molar-refractivity contribution in [1.82, 2.24) is 0 Å². The molecule has 1 atom stereocenters. The highest BCUT2D eigenvalue weighted by Crippen LogP contribution is 2.25. The molecule has 0 aliphatic carbocycles. The van der Waals surface area contributed by atoms with Gasteiger partial charge in [-0.25, -0.2) is 0 Å². The average molecular weight is 252 g/mol. The van der Waals surface area contributed by atoms with Crippen molar-refractivity contribution >= 4 is 16.9 Å². The molecule has 1 unspecified atom stereocenters. The number of carbonyl (C=O) groups excluding carboxylic acids is 1. The number of carbonyl (C=O) groups is 1. The lowest BCUT2D eigenvalue weighted by Crippen LogP contribution is -2.08. The minimum absolute atomic E-state index is 0.171. The molecule has 0 aromatic heterocycles. The van der Waals surface area contributed by atoms with Gasteiger partial charge in [0.05, 0.1) is 7.11 Å². The summed E-state index contributed by atoms with van der Waals surface area (Å²) in [7, 11) is 1.58. The molecule has 1 rings (SSSR count). The largest absolute Gasteiger partial charge is 0.497 e. The van der Waals surface area contributed by atoms with Crippen LogP contribution in [-0.4, -0.2) is 23.1 Å². The van der Waals surface area contributed by atoms with E-state index >= 15 is 0 Å². The standard InChI is InChI=1S/C13H16O3S/c1-4-17-13(15)9(2)12(14)10-5-7-11(16-3)8-6-10/h5-8,12,14H,2,4H2,1,3H3. The number of methoxy groups -OCH3 is 1. The molecule has 0 amide bonds. The van der Waals surface area contributed by atoms with Crippen molar-refractivity contribution in [2.45, 2.75) is 13.0 Å². The van der Waals surface area contributed by atoms with Crippen LogP contribution in [0.3, 0.4) is 0 Å². The summed E-state index contributed by atoms with van der Waals surface area (Å²) < 4.78 is 5.02. The molecular formula is C13H16O3S. The predicted molar refractivity (Wildman–Crippen MR) is 70.2 cm³/mol. The van der Waals surface area contributed by atoms with Crippen molar-refractivity contribution in [2.75, 3.05) is 12.9 Å². The number of hydrogen-bond acceptors (Lipinski definition) is 4. The molecule has 17 heavy (non-hydrogen) atoms. The Morgan fingerprint density at radius 2 is 2.06 bits per heavy atom. The lowest BCUT2D eigenvalue weighted by Gasteiger charge is -2.13. The van der Waals surface area contributed by atoms with E-state index in [1.54, 1.807) is 31.4 Å². The third-order valence-electron chi connectivity index (χ3n) is 2.30. The molecule has 1 N–H and O–H groups in total. The van der Waals surface area contributed by atoms with Crippen LogP contribution < -0.4 is 4.74 Å². The fourth-order valence-electron chi connectivity index (χ4n) is 1.32. The molecule has 0 saturated carbocycles. The Morgan fingerprint density at radius 3 is 2.53 bits per heavy atom. The lowest BCUT2D eigenvalue weighted by molar-refractivity contribution is -0.108. The molecule has 0 radical (unpaired) electrons. The summed E-state index contributed by atoms with van der Waals surface area (Å²) in [6, 6.07) is 6.92. The third-order valence-corrected chi connectivity index (χ3v) is 3.11. The molecule has 92 valence electrons. The topological polar surface area (TPSA) is 46.5 Å². The highest BCUT2D eigenvalue weighted by atomic mass is 32.2. The highest BCUT2D eigenvalue weighted by Gasteiger charge is 2.18. The van der Waals surface area contributed by atoms with Crippen molar-refractivity contribution in [1.29, 1.82) is 0 Å². The SMILES string of the molecule is C=C(C(=O)SCC)C(O)c1ccc(OC)cc1. The minimum Gasteiger partial charge on any atom is -0.497 e. The van der Waals surface area contributed by atoms with Crippen molar-refractivity contribution in [2.24, 2.45) is 0 Å². The van der Waals surface area contributed by atoms with Gasteiger partial charge in [-0.1, -0.05) is 37.4 Å². The Kier molecular flexibility index (Phi) is 5.25. The molecule has 0 saturated heterocycles. The molecule has 0 heterocycles. The van der Waals surface area contributed by atoms with Crippen molar-refractivity contribution in [3.8, 4) is 5.75 Å². The minimum atomic E-state index is -0.951. The summed E-state index contributed by atoms with van der Waals surface area (Å²) in [5.74, 6) is 1.38. The summed E-state index contributed by atoms with van der Waals surface area (Å²) in [5.41, 5.74) is 0.850. The molecule has 0 aliphatic rings. The number of aliphatic hydroxyl groups is 1. The van der Waals surface area contributed by atoms with Gasteiger partial charge in [0.1, 0.15) is 11.9 Å². The van der Waals surface area contributed by atoms with Crippen molar-refractivity contribution in [3.63, 3.8) is 0 Å². The Hall–Kier alpha value is -1.26. The highest BCUT2D eigenvalue weighted by molar-refractivity contribution is 8.14. The first-order chi connectivity index (χ1) is 8.10. The van der Waals surface area contributed by atoms with Crippen LogP contribution in [0.25, 0.3) is 0 Å². The molecule has 4 heteroatoms. The molecule has 0 spiro atoms. The molecule has 1 aromatic carbocycles. The Labute approximate surface area is 105 Å². The van der Waals surface area contributed by atoms with Gasteiger partial charge >= 0.3 is 0 Å². The monoisotopic (exact) mass is 252 g/mol. The van der Waals surface area contributed by atoms with E-state index in [4.69, 9.17) is 4.74 Å². The van der Waals surface area contributed by atoms with Gasteiger partial charge in [-0.05, 0) is 23.4 Å². The van der Waals surface area contributed by atoms with E-state index in [9.17, 15) is 9.90 Å². The van der Waals surface area contributed by atoms with Gasteiger partial charge in [-0.3, -0.25) is 4.79 Å². The first-order valence-electron chi connectivity index (χ1n) is 5.28. The third kappa shape index (κ3) is 3.61. The molecular weight excluding hydrogens is 236 g/mol. The molecule has 0 bridgehead atoms. The van der Waals surface area contributed by atoms with E-state index in [2.05, 4.69) is 6.58 Å².